The molecule has 350 valence electrons. The molecule has 1 heterocycles. The van der Waals surface area contributed by atoms with E-state index in [1.165, 1.54) is 93.9 Å². The van der Waals surface area contributed by atoms with E-state index in [0.717, 1.165) is 44.6 Å². The number of anilines is 3. The quantitative estimate of drug-likeness (QED) is 0.171. The Morgan fingerprint density at radius 1 is 0.342 bits per heavy atom. The zero-order valence-corrected chi connectivity index (χ0v) is 42.2. The Kier molecular flexibility index (Phi) is 9.36. The van der Waals surface area contributed by atoms with Crippen molar-refractivity contribution in [3.05, 3.63) is 258 Å². The van der Waals surface area contributed by atoms with Gasteiger partial charge in [0, 0.05) is 22.1 Å². The van der Waals surface area contributed by atoms with Crippen molar-refractivity contribution >= 4 is 60.5 Å². The zero-order chi connectivity index (χ0) is 49.4. The molecular weight excluding hydrogens is 883 g/mol. The smallest absolute Gasteiger partial charge is 0.159 e. The van der Waals surface area contributed by atoms with Crippen molar-refractivity contribution in [3.63, 3.8) is 0 Å². The second-order valence-electron chi connectivity index (χ2n) is 22.5. The van der Waals surface area contributed by atoms with Crippen molar-refractivity contribution in [2.75, 3.05) is 4.90 Å². The number of nitrogens with zero attached hydrogens (tertiary/aromatic N) is 1. The third-order valence-electron chi connectivity index (χ3n) is 16.2. The van der Waals surface area contributed by atoms with Gasteiger partial charge in [-0.3, -0.25) is 0 Å². The fourth-order valence-corrected chi connectivity index (χ4v) is 12.4. The molecule has 0 radical (unpaired) electrons. The first kappa shape index (κ1) is 43.3. The van der Waals surface area contributed by atoms with Crippen molar-refractivity contribution in [2.24, 2.45) is 0 Å². The van der Waals surface area contributed by atoms with Gasteiger partial charge in [-0.25, -0.2) is 0 Å². The molecule has 0 aliphatic heterocycles. The molecule has 11 aromatic carbocycles. The molecule has 2 nitrogen and oxygen atoms in total. The predicted molar refractivity (Wildman–Crippen MR) is 308 cm³/mol. The lowest BCUT2D eigenvalue weighted by molar-refractivity contribution is 0.586. The fraction of sp³-hybridized carbons (Fsp3) is 0.127. The highest BCUT2D eigenvalue weighted by atomic mass is 16.3. The minimum Gasteiger partial charge on any atom is -0.454 e. The SMILES string of the molecule is CC(C)(C)c1ccc2c(c1)C1(c3ccccc3-c3ccc(N(c4ccc(-c5ccc6cc(-c7ccc8ccccc8c7)ccc6c5)cc4)c4cccc5c4oc4ccccc45)cc31)c1cc(C(C)(C)C)ccc1-2. The second kappa shape index (κ2) is 15.8. The number of furan rings is 1. The molecule has 2 aliphatic carbocycles. The molecule has 0 saturated heterocycles. The highest BCUT2D eigenvalue weighted by Gasteiger charge is 2.52. The van der Waals surface area contributed by atoms with Crippen molar-refractivity contribution in [2.45, 2.75) is 57.8 Å². The van der Waals surface area contributed by atoms with Gasteiger partial charge in [-0.1, -0.05) is 211 Å². The number of para-hydroxylation sites is 2. The lowest BCUT2D eigenvalue weighted by Crippen LogP contribution is -2.27. The van der Waals surface area contributed by atoms with Gasteiger partial charge in [-0.05, 0) is 165 Å². The Balaban J connectivity index is 0.943. The average Bonchev–Trinajstić information content (AvgIpc) is 4.06. The molecule has 2 heteroatoms. The van der Waals surface area contributed by atoms with E-state index in [-0.39, 0.29) is 10.8 Å². The molecule has 0 atom stereocenters. The Hall–Kier alpha value is -8.46. The molecule has 0 fully saturated rings. The molecular formula is C71H55NO. The number of rotatable bonds is 5. The summed E-state index contributed by atoms with van der Waals surface area (Å²) in [5, 5.41) is 7.17. The van der Waals surface area contributed by atoms with Crippen molar-refractivity contribution in [1.82, 2.24) is 0 Å². The zero-order valence-electron chi connectivity index (χ0n) is 42.2. The first-order chi connectivity index (χ1) is 35.4. The standard InChI is InChI=1S/C71H55NO/c1-69(2,3)52-30-35-57-58-36-31-53(70(4,5)6)42-64(58)71(63(57)41-52)62-19-11-9-16-56(62)59-37-34-55(43-65(59)71)72(66-20-13-18-61-60-17-10-12-21-67(60)73-68(61)66)54-32-28-45(29-33-54)47-24-25-50-40-51(27-26-49(50)39-47)48-23-22-44-14-7-8-15-46(44)38-48/h7-43H,1-6H3. The van der Waals surface area contributed by atoms with E-state index in [0.29, 0.717) is 0 Å². The summed E-state index contributed by atoms with van der Waals surface area (Å²) >= 11 is 0. The summed E-state index contributed by atoms with van der Waals surface area (Å²) in [6.45, 7) is 14.0. The summed E-state index contributed by atoms with van der Waals surface area (Å²) in [4.78, 5) is 2.42. The van der Waals surface area contributed by atoms with Crippen LogP contribution in [0.4, 0.5) is 17.1 Å². The van der Waals surface area contributed by atoms with Gasteiger partial charge in [-0.2, -0.15) is 0 Å². The topological polar surface area (TPSA) is 16.4 Å². The monoisotopic (exact) mass is 937 g/mol. The number of hydrogen-bond acceptors (Lipinski definition) is 2. The van der Waals surface area contributed by atoms with Crippen LogP contribution < -0.4 is 4.90 Å². The number of benzene rings is 11. The highest BCUT2D eigenvalue weighted by molar-refractivity contribution is 6.10. The Bertz CT molecular complexity index is 4170. The van der Waals surface area contributed by atoms with E-state index < -0.39 is 5.41 Å². The lowest BCUT2D eigenvalue weighted by atomic mass is 9.68. The van der Waals surface area contributed by atoms with Crippen LogP contribution in [-0.2, 0) is 16.2 Å². The van der Waals surface area contributed by atoms with Gasteiger partial charge in [0.1, 0.15) is 5.58 Å². The van der Waals surface area contributed by atoms with E-state index >= 15 is 0 Å². The van der Waals surface area contributed by atoms with Crippen molar-refractivity contribution < 1.29 is 4.42 Å². The predicted octanol–water partition coefficient (Wildman–Crippen LogP) is 19.6. The van der Waals surface area contributed by atoms with Crippen LogP contribution >= 0.6 is 0 Å². The van der Waals surface area contributed by atoms with Gasteiger partial charge < -0.3 is 9.32 Å². The van der Waals surface area contributed by atoms with Gasteiger partial charge in [0.25, 0.3) is 0 Å². The first-order valence-corrected chi connectivity index (χ1v) is 25.8. The van der Waals surface area contributed by atoms with Crippen molar-refractivity contribution in [3.8, 4) is 44.5 Å². The molecule has 2 aliphatic rings. The average molecular weight is 938 g/mol. The maximum absolute atomic E-state index is 6.87. The first-order valence-electron chi connectivity index (χ1n) is 25.8. The molecule has 0 bridgehead atoms. The third-order valence-corrected chi connectivity index (χ3v) is 16.2. The van der Waals surface area contributed by atoms with E-state index in [9.17, 15) is 0 Å². The molecule has 1 spiro atoms. The largest absolute Gasteiger partial charge is 0.454 e. The summed E-state index contributed by atoms with van der Waals surface area (Å²) in [7, 11) is 0. The van der Waals surface area contributed by atoms with E-state index in [1.807, 2.05) is 0 Å². The van der Waals surface area contributed by atoms with Gasteiger partial charge >= 0.3 is 0 Å². The van der Waals surface area contributed by atoms with Crippen LogP contribution in [0.15, 0.2) is 229 Å². The maximum atomic E-state index is 6.87. The van der Waals surface area contributed by atoms with Crippen molar-refractivity contribution in [1.29, 1.82) is 0 Å². The third kappa shape index (κ3) is 6.63. The Morgan fingerprint density at radius 3 is 1.48 bits per heavy atom. The van der Waals surface area contributed by atoms with Crippen LogP contribution in [0.2, 0.25) is 0 Å². The lowest BCUT2D eigenvalue weighted by Gasteiger charge is -2.34. The van der Waals surface area contributed by atoms with Gasteiger partial charge in [0.15, 0.2) is 5.58 Å². The van der Waals surface area contributed by atoms with Crippen LogP contribution in [0.25, 0.3) is 88.0 Å². The summed E-state index contributed by atoms with van der Waals surface area (Å²) in [6, 6.07) is 84.1. The van der Waals surface area contributed by atoms with E-state index in [4.69, 9.17) is 4.42 Å². The molecule has 1 aromatic heterocycles. The van der Waals surface area contributed by atoms with Gasteiger partial charge in [-0.15, -0.1) is 0 Å². The molecule has 0 unspecified atom stereocenters. The van der Waals surface area contributed by atoms with E-state index in [1.54, 1.807) is 0 Å². The maximum Gasteiger partial charge on any atom is 0.159 e. The minimum absolute atomic E-state index is 0.0343. The number of hydrogen-bond donors (Lipinski definition) is 0. The Labute approximate surface area is 427 Å². The highest BCUT2D eigenvalue weighted by Crippen LogP contribution is 2.64. The van der Waals surface area contributed by atoms with E-state index in [2.05, 4.69) is 271 Å². The minimum atomic E-state index is -0.539. The molecule has 0 N–H and O–H groups in total. The molecule has 0 saturated carbocycles. The summed E-state index contributed by atoms with van der Waals surface area (Å²) in [5.41, 5.74) is 22.3. The summed E-state index contributed by atoms with van der Waals surface area (Å²) < 4.78 is 6.87. The van der Waals surface area contributed by atoms with Crippen LogP contribution in [0.5, 0.6) is 0 Å². The van der Waals surface area contributed by atoms with Crippen LogP contribution in [-0.4, -0.2) is 0 Å². The molecule has 14 rings (SSSR count). The summed E-state index contributed by atoms with van der Waals surface area (Å²) in [6.07, 6.45) is 0. The fourth-order valence-electron chi connectivity index (χ4n) is 12.4. The molecule has 73 heavy (non-hydrogen) atoms. The van der Waals surface area contributed by atoms with Gasteiger partial charge in [0.2, 0.25) is 0 Å². The molecule has 0 amide bonds. The van der Waals surface area contributed by atoms with Crippen LogP contribution in [0, 0.1) is 0 Å². The van der Waals surface area contributed by atoms with Crippen LogP contribution in [0.1, 0.15) is 74.9 Å². The second-order valence-corrected chi connectivity index (χ2v) is 22.5. The molecule has 12 aromatic rings. The Morgan fingerprint density at radius 2 is 0.822 bits per heavy atom. The number of fused-ring (bicyclic) bond motifs is 15. The van der Waals surface area contributed by atoms with Gasteiger partial charge in [0.05, 0.1) is 11.1 Å². The summed E-state index contributed by atoms with van der Waals surface area (Å²) in [5.74, 6) is 0. The van der Waals surface area contributed by atoms with Crippen LogP contribution in [0.3, 0.4) is 0 Å². The normalized spacial score (nSPS) is 13.5.